The highest BCUT2D eigenvalue weighted by atomic mass is 15.0. The second kappa shape index (κ2) is 30.7. The van der Waals surface area contributed by atoms with Crippen molar-refractivity contribution in [2.24, 2.45) is 0 Å². The van der Waals surface area contributed by atoms with E-state index in [0.717, 1.165) is 11.4 Å². The molecule has 126 heavy (non-hydrogen) atoms. The molecule has 0 aliphatic heterocycles. The van der Waals surface area contributed by atoms with Crippen LogP contribution in [0.3, 0.4) is 0 Å². The maximum absolute atomic E-state index is 2.42. The molecule has 0 spiro atoms. The summed E-state index contributed by atoms with van der Waals surface area (Å²) >= 11 is 0. The standard InChI is InChI=1S/2C42H28N2.C36H24N2/c1-3-12-29(13-4-1)30-14-11-17-34(26-30)44-40-21-10-8-19-36(40)38-25-23-32(28-42(38)44)31-22-24-37-35-18-7-9-20-39(35)43(41(37)27-31)33-15-5-2-6-16-33;1-3-11-29(12-4-1)30-19-23-34(24-20-30)44-40-18-10-8-16-36(40)38-26-22-32(28-42(38)44)31-21-25-37-35-15-7-9-17-39(35)43(41(37)27-31)33-13-5-2-6-14-33;1-3-11-27(12-4-1)37-33-17-9-7-15-29(33)31-21-19-25(23-35(31)37)26-20-22-32-30-16-8-10-18-34(30)38(36(32)24-26)28-13-5-2-6-14-28/h2*1-28H;1-24H. The molecular formula is C120H80N6. The quantitative estimate of drug-likeness (QED) is 0.124. The molecule has 590 valence electrons. The van der Waals surface area contributed by atoms with Gasteiger partial charge in [0, 0.05) is 98.8 Å². The Hall–Kier alpha value is -16.8. The van der Waals surface area contributed by atoms with E-state index in [9.17, 15) is 0 Å². The molecule has 6 aromatic heterocycles. The Labute approximate surface area is 728 Å². The van der Waals surface area contributed by atoms with E-state index in [1.54, 1.807) is 0 Å². The lowest BCUT2D eigenvalue weighted by Crippen LogP contribution is -1.95. The fraction of sp³-hybridized carbons (Fsp3) is 0. The summed E-state index contributed by atoms with van der Waals surface area (Å²) in [6.07, 6.45) is 0. The Morgan fingerprint density at radius 3 is 0.500 bits per heavy atom. The summed E-state index contributed by atoms with van der Waals surface area (Å²) in [6, 6.07) is 175. The largest absolute Gasteiger partial charge is 0.309 e. The number of hydrogen-bond acceptors (Lipinski definition) is 0. The van der Waals surface area contributed by atoms with E-state index < -0.39 is 0 Å². The zero-order valence-corrected chi connectivity index (χ0v) is 68.9. The summed E-state index contributed by atoms with van der Waals surface area (Å²) in [5.74, 6) is 0. The third kappa shape index (κ3) is 12.5. The van der Waals surface area contributed by atoms with Crippen molar-refractivity contribution in [2.75, 3.05) is 0 Å². The smallest absolute Gasteiger partial charge is 0.0547 e. The molecule has 0 unspecified atom stereocenters. The van der Waals surface area contributed by atoms with Crippen molar-refractivity contribution in [1.29, 1.82) is 0 Å². The van der Waals surface area contributed by atoms with E-state index in [-0.39, 0.29) is 0 Å². The molecule has 0 saturated carbocycles. The van der Waals surface area contributed by atoms with Crippen LogP contribution in [0, 0.1) is 0 Å². The number of para-hydroxylation sites is 10. The third-order valence-electron chi connectivity index (χ3n) is 25.5. The van der Waals surface area contributed by atoms with E-state index >= 15 is 0 Å². The van der Waals surface area contributed by atoms with Gasteiger partial charge in [-0.3, -0.25) is 0 Å². The lowest BCUT2D eigenvalue weighted by molar-refractivity contribution is 1.18. The van der Waals surface area contributed by atoms with Crippen LogP contribution in [0.5, 0.6) is 0 Å². The molecule has 6 heteroatoms. The van der Waals surface area contributed by atoms with Crippen LogP contribution in [-0.4, -0.2) is 27.4 Å². The molecule has 26 rings (SSSR count). The maximum Gasteiger partial charge on any atom is 0.0547 e. The summed E-state index contributed by atoms with van der Waals surface area (Å²) in [5, 5.41) is 15.2. The second-order valence-corrected chi connectivity index (χ2v) is 32.7. The number of aromatic nitrogens is 6. The predicted molar refractivity (Wildman–Crippen MR) is 533 cm³/mol. The number of benzene rings is 20. The Kier molecular flexibility index (Phi) is 17.8. The van der Waals surface area contributed by atoms with Gasteiger partial charge >= 0.3 is 0 Å². The Bertz CT molecular complexity index is 8510. The Balaban J connectivity index is 0.000000106. The molecule has 0 aliphatic rings. The first kappa shape index (κ1) is 73.1. The molecule has 20 aromatic carbocycles. The van der Waals surface area contributed by atoms with Gasteiger partial charge in [0.2, 0.25) is 0 Å². The van der Waals surface area contributed by atoms with Crippen molar-refractivity contribution in [3.8, 4) is 89.8 Å². The molecular weight excluding hydrogens is 1530 g/mol. The van der Waals surface area contributed by atoms with Gasteiger partial charge in [-0.2, -0.15) is 0 Å². The highest BCUT2D eigenvalue weighted by Crippen LogP contribution is 2.44. The monoisotopic (exact) mass is 1600 g/mol. The number of rotatable bonds is 11. The third-order valence-corrected chi connectivity index (χ3v) is 25.5. The summed E-state index contributed by atoms with van der Waals surface area (Å²) in [7, 11) is 0. The fourth-order valence-corrected chi connectivity index (χ4v) is 19.8. The molecule has 26 aromatic rings. The van der Waals surface area contributed by atoms with Crippen LogP contribution < -0.4 is 0 Å². The minimum atomic E-state index is 1.16. The molecule has 0 saturated heterocycles. The molecule has 0 atom stereocenters. The molecule has 0 fully saturated rings. The van der Waals surface area contributed by atoms with Gasteiger partial charge < -0.3 is 27.4 Å². The first-order valence-electron chi connectivity index (χ1n) is 43.3. The second-order valence-electron chi connectivity index (χ2n) is 32.7. The lowest BCUT2D eigenvalue weighted by atomic mass is 10.0. The van der Waals surface area contributed by atoms with Crippen molar-refractivity contribution >= 4 is 131 Å². The van der Waals surface area contributed by atoms with Gasteiger partial charge in [-0.15, -0.1) is 0 Å². The van der Waals surface area contributed by atoms with Gasteiger partial charge in [-0.25, -0.2) is 0 Å². The minimum Gasteiger partial charge on any atom is -0.309 e. The van der Waals surface area contributed by atoms with Gasteiger partial charge in [-0.1, -0.05) is 340 Å². The van der Waals surface area contributed by atoms with Crippen LogP contribution in [0.4, 0.5) is 0 Å². The van der Waals surface area contributed by atoms with Crippen LogP contribution >= 0.6 is 0 Å². The average molecular weight is 1610 g/mol. The molecule has 0 amide bonds. The van der Waals surface area contributed by atoms with Gasteiger partial charge in [0.15, 0.2) is 0 Å². The van der Waals surface area contributed by atoms with Crippen LogP contribution in [-0.2, 0) is 0 Å². The molecule has 6 nitrogen and oxygen atoms in total. The molecule has 0 radical (unpaired) electrons. The average Bonchev–Trinajstić information content (AvgIpc) is 1.59. The zero-order valence-electron chi connectivity index (χ0n) is 68.9. The van der Waals surface area contributed by atoms with E-state index in [1.807, 2.05) is 0 Å². The van der Waals surface area contributed by atoms with E-state index in [2.05, 4.69) is 513 Å². The van der Waals surface area contributed by atoms with Crippen LogP contribution in [0.15, 0.2) is 485 Å². The van der Waals surface area contributed by atoms with E-state index in [4.69, 9.17) is 0 Å². The summed E-state index contributed by atoms with van der Waals surface area (Å²) in [5.41, 5.74) is 33.7. The highest BCUT2D eigenvalue weighted by molar-refractivity contribution is 6.16. The summed E-state index contributed by atoms with van der Waals surface area (Å²) in [4.78, 5) is 0. The molecule has 0 aliphatic carbocycles. The fourth-order valence-electron chi connectivity index (χ4n) is 19.8. The highest BCUT2D eigenvalue weighted by Gasteiger charge is 2.22. The maximum atomic E-state index is 2.42. The van der Waals surface area contributed by atoms with Crippen molar-refractivity contribution in [3.63, 3.8) is 0 Å². The van der Waals surface area contributed by atoms with Crippen molar-refractivity contribution in [3.05, 3.63) is 485 Å². The van der Waals surface area contributed by atoms with Gasteiger partial charge in [0.05, 0.1) is 66.2 Å². The first-order chi connectivity index (χ1) is 62.5. The van der Waals surface area contributed by atoms with Gasteiger partial charge in [0.1, 0.15) is 0 Å². The lowest BCUT2D eigenvalue weighted by Gasteiger charge is -2.12. The predicted octanol–water partition coefficient (Wildman–Crippen LogP) is 32.0. The van der Waals surface area contributed by atoms with Crippen molar-refractivity contribution in [2.45, 2.75) is 0 Å². The summed E-state index contributed by atoms with van der Waals surface area (Å²) in [6.45, 7) is 0. The Morgan fingerprint density at radius 1 is 0.0873 bits per heavy atom. The van der Waals surface area contributed by atoms with Crippen LogP contribution in [0.25, 0.3) is 221 Å². The normalized spacial score (nSPS) is 11.7. The SMILES string of the molecule is c1ccc(-c2ccc(-n3c4ccccc4c4ccc(-c5ccc6c7ccccc7n(-c7ccccc7)c6c5)cc43)cc2)cc1.c1ccc(-c2cccc(-n3c4ccccc4c4ccc(-c5ccc6c7ccccc7n(-c7ccccc7)c6c5)cc43)c2)cc1.c1ccc(-n2c3ccccc3c3ccc(-c4ccc5c6ccccc6n(-c6ccccc6)c5c4)cc32)cc1. The van der Waals surface area contributed by atoms with E-state index in [1.165, 1.54) is 209 Å². The number of hydrogen-bond donors (Lipinski definition) is 0. The van der Waals surface area contributed by atoms with Crippen LogP contribution in [0.2, 0.25) is 0 Å². The van der Waals surface area contributed by atoms with Gasteiger partial charge in [-0.05, 0) is 201 Å². The molecule has 0 N–H and O–H groups in total. The molecule has 6 heterocycles. The number of nitrogens with zero attached hydrogens (tertiary/aromatic N) is 6. The van der Waals surface area contributed by atoms with Crippen molar-refractivity contribution in [1.82, 2.24) is 27.4 Å². The van der Waals surface area contributed by atoms with Gasteiger partial charge in [0.25, 0.3) is 0 Å². The summed E-state index contributed by atoms with van der Waals surface area (Å²) < 4.78 is 14.4. The molecule has 0 bridgehead atoms. The first-order valence-corrected chi connectivity index (χ1v) is 43.3. The zero-order chi connectivity index (χ0) is 83.1. The van der Waals surface area contributed by atoms with E-state index in [0.29, 0.717) is 0 Å². The minimum absolute atomic E-state index is 1.16. The topological polar surface area (TPSA) is 29.6 Å². The van der Waals surface area contributed by atoms with Crippen LogP contribution in [0.1, 0.15) is 0 Å². The Morgan fingerprint density at radius 2 is 0.246 bits per heavy atom. The van der Waals surface area contributed by atoms with Crippen molar-refractivity contribution < 1.29 is 0 Å². The number of fused-ring (bicyclic) bond motifs is 18.